The Morgan fingerprint density at radius 1 is 1.10 bits per heavy atom. The highest BCUT2D eigenvalue weighted by molar-refractivity contribution is 6.07. The zero-order valence-electron chi connectivity index (χ0n) is 11.5. The number of aryl methyl sites for hydroxylation is 3. The van der Waals surface area contributed by atoms with Gasteiger partial charge in [0.1, 0.15) is 11.2 Å². The number of fused-ring (bicyclic) bond motifs is 5. The lowest BCUT2D eigenvalue weighted by Gasteiger charge is -2.07. The van der Waals surface area contributed by atoms with Gasteiger partial charge >= 0.3 is 0 Å². The van der Waals surface area contributed by atoms with Crippen molar-refractivity contribution in [2.24, 2.45) is 5.16 Å². The molecule has 0 saturated heterocycles. The maximum absolute atomic E-state index is 9.16. The van der Waals surface area contributed by atoms with Gasteiger partial charge in [-0.3, -0.25) is 0 Å². The zero-order chi connectivity index (χ0) is 13.9. The van der Waals surface area contributed by atoms with Crippen LogP contribution >= 0.6 is 0 Å². The van der Waals surface area contributed by atoms with E-state index in [4.69, 9.17) is 14.0 Å². The fraction of sp³-hybridized carbons (Fsp3) is 0.312. The van der Waals surface area contributed by atoms with E-state index in [1.165, 1.54) is 5.56 Å². The number of benzene rings is 1. The van der Waals surface area contributed by atoms with E-state index in [2.05, 4.69) is 12.1 Å². The van der Waals surface area contributed by atoms with Gasteiger partial charge in [-0.15, -0.1) is 0 Å². The molecule has 102 valence electrons. The normalized spacial score (nSPS) is 15.4. The molecule has 0 spiro atoms. The summed E-state index contributed by atoms with van der Waals surface area (Å²) in [5.74, 6) is 0. The van der Waals surface area contributed by atoms with Crippen molar-refractivity contribution < 1.29 is 14.0 Å². The third-order valence-corrected chi connectivity index (χ3v) is 4.27. The summed E-state index contributed by atoms with van der Waals surface area (Å²) in [5, 5.41) is 14.7. The monoisotopic (exact) mass is 269 g/mol. The van der Waals surface area contributed by atoms with Gasteiger partial charge in [-0.2, -0.15) is 0 Å². The van der Waals surface area contributed by atoms with Gasteiger partial charge in [-0.25, -0.2) is 0 Å². The van der Waals surface area contributed by atoms with Crippen LogP contribution in [0.1, 0.15) is 28.7 Å². The van der Waals surface area contributed by atoms with Crippen molar-refractivity contribution >= 4 is 21.9 Å². The number of rotatable bonds is 0. The van der Waals surface area contributed by atoms with Crippen molar-refractivity contribution in [3.05, 3.63) is 40.1 Å². The summed E-state index contributed by atoms with van der Waals surface area (Å²) < 4.78 is 11.6. The van der Waals surface area contributed by atoms with Crippen LogP contribution in [0.3, 0.4) is 0 Å². The lowest BCUT2D eigenvalue weighted by atomic mass is 10.0. The first-order chi connectivity index (χ1) is 9.70. The van der Waals surface area contributed by atoms with Crippen LogP contribution in [0.2, 0.25) is 0 Å². The number of furan rings is 1. The predicted molar refractivity (Wildman–Crippen MR) is 74.8 cm³/mol. The molecule has 0 saturated carbocycles. The van der Waals surface area contributed by atoms with E-state index in [0.717, 1.165) is 57.9 Å². The van der Waals surface area contributed by atoms with Crippen molar-refractivity contribution in [1.29, 1.82) is 0 Å². The third-order valence-electron chi connectivity index (χ3n) is 4.27. The molecule has 1 N–H and O–H groups in total. The molecule has 20 heavy (non-hydrogen) atoms. The second-order valence-corrected chi connectivity index (χ2v) is 5.51. The fourth-order valence-electron chi connectivity index (χ4n) is 3.44. The molecule has 0 unspecified atom stereocenters. The van der Waals surface area contributed by atoms with Crippen molar-refractivity contribution in [1.82, 2.24) is 0 Å². The third kappa shape index (κ3) is 1.33. The van der Waals surface area contributed by atoms with Gasteiger partial charge in [0.2, 0.25) is 0 Å². The van der Waals surface area contributed by atoms with Crippen LogP contribution < -0.4 is 5.55 Å². The summed E-state index contributed by atoms with van der Waals surface area (Å²) in [5.41, 5.74) is 6.44. The van der Waals surface area contributed by atoms with Gasteiger partial charge < -0.3 is 14.0 Å². The molecule has 1 aliphatic rings. The Morgan fingerprint density at radius 3 is 2.70 bits per heavy atom. The minimum absolute atomic E-state index is 0.340. The highest BCUT2D eigenvalue weighted by atomic mass is 16.5. The summed E-state index contributed by atoms with van der Waals surface area (Å²) in [4.78, 5) is 0. The molecule has 0 bridgehead atoms. The van der Waals surface area contributed by atoms with Gasteiger partial charge in [0.15, 0.2) is 0 Å². The van der Waals surface area contributed by atoms with Crippen LogP contribution in [0.15, 0.2) is 26.3 Å². The molecule has 0 radical (unpaired) electrons. The Morgan fingerprint density at radius 2 is 1.90 bits per heavy atom. The summed E-state index contributed by atoms with van der Waals surface area (Å²) >= 11 is 0. The highest BCUT2D eigenvalue weighted by Crippen LogP contribution is 2.36. The Labute approximate surface area is 115 Å². The van der Waals surface area contributed by atoms with E-state index in [1.807, 2.05) is 13.0 Å². The molecule has 1 aromatic carbocycles. The summed E-state index contributed by atoms with van der Waals surface area (Å²) in [6, 6.07) is 2.01. The lowest BCUT2D eigenvalue weighted by Crippen LogP contribution is -2.09. The van der Waals surface area contributed by atoms with Crippen LogP contribution in [-0.2, 0) is 12.8 Å². The van der Waals surface area contributed by atoms with Crippen molar-refractivity contribution in [2.45, 2.75) is 33.1 Å². The van der Waals surface area contributed by atoms with E-state index in [0.29, 0.717) is 5.55 Å². The number of nitrogens with zero attached hydrogens (tertiary/aromatic N) is 1. The molecule has 4 heteroatoms. The van der Waals surface area contributed by atoms with Crippen LogP contribution in [0.4, 0.5) is 0 Å². The maximum Gasteiger partial charge on any atom is 0.259 e. The Balaban J connectivity index is 2.31. The van der Waals surface area contributed by atoms with Crippen LogP contribution in [0, 0.1) is 13.8 Å². The zero-order valence-corrected chi connectivity index (χ0v) is 11.5. The predicted octanol–water partition coefficient (Wildman–Crippen LogP) is 3.57. The Kier molecular flexibility index (Phi) is 2.25. The molecule has 2 aromatic heterocycles. The van der Waals surface area contributed by atoms with Gasteiger partial charge in [0, 0.05) is 10.9 Å². The van der Waals surface area contributed by atoms with Gasteiger partial charge in [0.05, 0.1) is 11.6 Å². The molecule has 3 aromatic rings. The maximum atomic E-state index is 9.16. The highest BCUT2D eigenvalue weighted by Gasteiger charge is 2.22. The molecule has 2 heterocycles. The average Bonchev–Trinajstić information content (AvgIpc) is 3.05. The largest absolute Gasteiger partial charge is 0.463 e. The summed E-state index contributed by atoms with van der Waals surface area (Å²) in [7, 11) is 0. The van der Waals surface area contributed by atoms with Crippen LogP contribution in [-0.4, -0.2) is 5.21 Å². The molecular formula is C16H15NO3. The van der Waals surface area contributed by atoms with Crippen LogP contribution in [0.25, 0.3) is 21.9 Å². The molecule has 1 aliphatic carbocycles. The summed E-state index contributed by atoms with van der Waals surface area (Å²) in [6.07, 6.45) is 4.72. The van der Waals surface area contributed by atoms with Crippen molar-refractivity contribution in [3.63, 3.8) is 0 Å². The van der Waals surface area contributed by atoms with Crippen molar-refractivity contribution in [2.75, 3.05) is 0 Å². The fourth-order valence-corrected chi connectivity index (χ4v) is 3.44. The molecule has 0 atom stereocenters. The molecule has 4 rings (SSSR count). The SMILES string of the molecule is Cc1coc2c1c(C)cc1o/c(=N/O)c3c(c12)CCC3. The average molecular weight is 269 g/mol. The Hall–Kier alpha value is -2.23. The van der Waals surface area contributed by atoms with Crippen molar-refractivity contribution in [3.8, 4) is 0 Å². The molecular weight excluding hydrogens is 254 g/mol. The lowest BCUT2D eigenvalue weighted by molar-refractivity contribution is 0.275. The minimum atomic E-state index is 0.340. The van der Waals surface area contributed by atoms with E-state index >= 15 is 0 Å². The van der Waals surface area contributed by atoms with E-state index < -0.39 is 0 Å². The van der Waals surface area contributed by atoms with E-state index in [-0.39, 0.29) is 0 Å². The van der Waals surface area contributed by atoms with E-state index in [9.17, 15) is 0 Å². The summed E-state index contributed by atoms with van der Waals surface area (Å²) in [6.45, 7) is 4.10. The van der Waals surface area contributed by atoms with E-state index in [1.54, 1.807) is 6.26 Å². The first-order valence-electron chi connectivity index (χ1n) is 6.84. The number of hydrogen-bond acceptors (Lipinski definition) is 4. The smallest absolute Gasteiger partial charge is 0.259 e. The van der Waals surface area contributed by atoms with Crippen LogP contribution in [0.5, 0.6) is 0 Å². The Bertz CT molecular complexity index is 915. The molecule has 0 amide bonds. The molecule has 4 nitrogen and oxygen atoms in total. The first-order valence-corrected chi connectivity index (χ1v) is 6.84. The molecule has 0 fully saturated rings. The molecule has 0 aliphatic heterocycles. The quantitative estimate of drug-likeness (QED) is 0.501. The first kappa shape index (κ1) is 11.6. The number of hydrogen-bond donors (Lipinski definition) is 1. The van der Waals surface area contributed by atoms with Gasteiger partial charge in [-0.1, -0.05) is 0 Å². The van der Waals surface area contributed by atoms with Gasteiger partial charge in [-0.05, 0) is 61.0 Å². The second-order valence-electron chi connectivity index (χ2n) is 5.51. The second kappa shape index (κ2) is 3.88. The standard InChI is InChI=1S/C16H15NO3/c1-8-6-12-14(15-13(8)9(2)7-19-15)10-4-3-5-11(10)16(17-18)20-12/h6-7,18H,3-5H2,1-2H3/b17-16+. The topological polar surface area (TPSA) is 58.9 Å². The minimum Gasteiger partial charge on any atom is -0.463 e. The van der Waals surface area contributed by atoms with Gasteiger partial charge in [0.25, 0.3) is 5.55 Å².